The predicted molar refractivity (Wildman–Crippen MR) is 73.5 cm³/mol. The van der Waals surface area contributed by atoms with Gasteiger partial charge in [-0.15, -0.1) is 0 Å². The summed E-state index contributed by atoms with van der Waals surface area (Å²) in [4.78, 5) is 11.7. The molecule has 0 saturated heterocycles. The van der Waals surface area contributed by atoms with Crippen LogP contribution in [0.25, 0.3) is 0 Å². The molecule has 2 amide bonds. The van der Waals surface area contributed by atoms with Crippen LogP contribution in [0.1, 0.15) is 24.8 Å². The van der Waals surface area contributed by atoms with Crippen molar-refractivity contribution in [2.24, 2.45) is 11.7 Å². The second-order valence-electron chi connectivity index (χ2n) is 5.06. The van der Waals surface area contributed by atoms with Gasteiger partial charge in [0.05, 0.1) is 0 Å². The zero-order valence-electron chi connectivity index (χ0n) is 10.8. The summed E-state index contributed by atoms with van der Waals surface area (Å²) in [5.74, 6) is 0.425. The summed E-state index contributed by atoms with van der Waals surface area (Å²) in [6.07, 6.45) is 3.37. The van der Waals surface area contributed by atoms with Crippen molar-refractivity contribution in [2.45, 2.75) is 32.2 Å². The minimum Gasteiger partial charge on any atom is -0.338 e. The molecule has 2 rings (SSSR count). The molecule has 2 atom stereocenters. The molecule has 0 bridgehead atoms. The van der Waals surface area contributed by atoms with E-state index >= 15 is 0 Å². The summed E-state index contributed by atoms with van der Waals surface area (Å²) in [5, 5.41) is 5.71. The third-order valence-electron chi connectivity index (χ3n) is 3.55. The van der Waals surface area contributed by atoms with Gasteiger partial charge in [-0.05, 0) is 37.8 Å². The molecule has 0 heterocycles. The van der Waals surface area contributed by atoms with Gasteiger partial charge in [-0.25, -0.2) is 4.79 Å². The molecule has 0 aromatic heterocycles. The number of hydrogen-bond acceptors (Lipinski definition) is 2. The number of rotatable bonds is 3. The van der Waals surface area contributed by atoms with Gasteiger partial charge in [0.15, 0.2) is 0 Å². The maximum atomic E-state index is 11.7. The molecule has 1 aliphatic rings. The topological polar surface area (TPSA) is 67.2 Å². The summed E-state index contributed by atoms with van der Waals surface area (Å²) < 4.78 is 0. The lowest BCUT2D eigenvalue weighted by molar-refractivity contribution is 0.249. The van der Waals surface area contributed by atoms with Crippen molar-refractivity contribution in [3.8, 4) is 0 Å². The van der Waals surface area contributed by atoms with Crippen LogP contribution < -0.4 is 16.4 Å². The molecular formula is C14H21N3O. The van der Waals surface area contributed by atoms with Crippen molar-refractivity contribution >= 4 is 11.7 Å². The minimum atomic E-state index is -0.155. The molecule has 1 fully saturated rings. The summed E-state index contributed by atoms with van der Waals surface area (Å²) in [6.45, 7) is 2.68. The first-order valence-electron chi connectivity index (χ1n) is 6.52. The monoisotopic (exact) mass is 247 g/mol. The van der Waals surface area contributed by atoms with Crippen LogP contribution in [-0.4, -0.2) is 18.6 Å². The van der Waals surface area contributed by atoms with E-state index in [4.69, 9.17) is 5.73 Å². The quantitative estimate of drug-likeness (QED) is 0.767. The highest BCUT2D eigenvalue weighted by Gasteiger charge is 2.23. The molecule has 0 spiro atoms. The van der Waals surface area contributed by atoms with Gasteiger partial charge in [-0.2, -0.15) is 0 Å². The van der Waals surface area contributed by atoms with E-state index in [1.54, 1.807) is 0 Å². The molecule has 18 heavy (non-hydrogen) atoms. The van der Waals surface area contributed by atoms with Gasteiger partial charge in [-0.1, -0.05) is 24.1 Å². The number of nitrogens with one attached hydrogen (secondary N) is 2. The van der Waals surface area contributed by atoms with Crippen LogP contribution in [0.5, 0.6) is 0 Å². The number of aryl methyl sites for hydroxylation is 1. The molecule has 1 aromatic rings. The number of benzene rings is 1. The molecule has 1 aliphatic carbocycles. The number of nitrogens with two attached hydrogens (primary N) is 1. The standard InChI is InChI=1S/C14H21N3O/c1-10-5-7-12(8-6-10)17-14(18)16-9-11-3-2-4-13(11)15/h5-8,11,13H,2-4,9,15H2,1H3,(H2,16,17,18). The lowest BCUT2D eigenvalue weighted by atomic mass is 10.1. The number of carbonyl (C=O) groups excluding carboxylic acids is 1. The van der Waals surface area contributed by atoms with E-state index in [1.807, 2.05) is 31.2 Å². The molecule has 2 unspecified atom stereocenters. The molecule has 1 saturated carbocycles. The maximum Gasteiger partial charge on any atom is 0.319 e. The molecular weight excluding hydrogens is 226 g/mol. The molecule has 4 nitrogen and oxygen atoms in total. The highest BCUT2D eigenvalue weighted by molar-refractivity contribution is 5.89. The van der Waals surface area contributed by atoms with E-state index in [-0.39, 0.29) is 12.1 Å². The fourth-order valence-electron chi connectivity index (χ4n) is 2.35. The number of hydrogen-bond donors (Lipinski definition) is 3. The van der Waals surface area contributed by atoms with Crippen LogP contribution in [0.4, 0.5) is 10.5 Å². The van der Waals surface area contributed by atoms with Crippen LogP contribution in [-0.2, 0) is 0 Å². The molecule has 1 aromatic carbocycles. The fraction of sp³-hybridized carbons (Fsp3) is 0.500. The number of anilines is 1. The average molecular weight is 247 g/mol. The Morgan fingerprint density at radius 2 is 2.06 bits per heavy atom. The van der Waals surface area contributed by atoms with E-state index in [0.29, 0.717) is 12.5 Å². The Hall–Kier alpha value is -1.55. The molecule has 0 aliphatic heterocycles. The number of amides is 2. The van der Waals surface area contributed by atoms with Crippen LogP contribution in [0.2, 0.25) is 0 Å². The van der Waals surface area contributed by atoms with Crippen molar-refractivity contribution in [2.75, 3.05) is 11.9 Å². The fourth-order valence-corrected chi connectivity index (χ4v) is 2.35. The van der Waals surface area contributed by atoms with Crippen molar-refractivity contribution in [1.82, 2.24) is 5.32 Å². The summed E-state index contributed by atoms with van der Waals surface area (Å²) in [5.41, 5.74) is 7.96. The second-order valence-corrected chi connectivity index (χ2v) is 5.06. The number of carbonyl (C=O) groups is 1. The van der Waals surface area contributed by atoms with Crippen LogP contribution in [0, 0.1) is 12.8 Å². The molecule has 4 heteroatoms. The van der Waals surface area contributed by atoms with E-state index in [2.05, 4.69) is 10.6 Å². The highest BCUT2D eigenvalue weighted by atomic mass is 16.2. The molecule has 0 radical (unpaired) electrons. The van der Waals surface area contributed by atoms with Crippen molar-refractivity contribution in [3.63, 3.8) is 0 Å². The molecule has 4 N–H and O–H groups in total. The van der Waals surface area contributed by atoms with Crippen molar-refractivity contribution in [1.29, 1.82) is 0 Å². The van der Waals surface area contributed by atoms with Gasteiger partial charge in [0.1, 0.15) is 0 Å². The Bertz CT molecular complexity index is 402. The normalized spacial score (nSPS) is 22.8. The van der Waals surface area contributed by atoms with Crippen LogP contribution >= 0.6 is 0 Å². The van der Waals surface area contributed by atoms with E-state index < -0.39 is 0 Å². The zero-order valence-corrected chi connectivity index (χ0v) is 10.8. The van der Waals surface area contributed by atoms with Gasteiger partial charge < -0.3 is 16.4 Å². The van der Waals surface area contributed by atoms with E-state index in [9.17, 15) is 4.79 Å². The minimum absolute atomic E-state index is 0.155. The van der Waals surface area contributed by atoms with Crippen molar-refractivity contribution in [3.05, 3.63) is 29.8 Å². The third kappa shape index (κ3) is 3.47. The van der Waals surface area contributed by atoms with Crippen LogP contribution in [0.3, 0.4) is 0 Å². The van der Waals surface area contributed by atoms with Gasteiger partial charge in [0.25, 0.3) is 0 Å². The summed E-state index contributed by atoms with van der Waals surface area (Å²) in [7, 11) is 0. The van der Waals surface area contributed by atoms with Gasteiger partial charge >= 0.3 is 6.03 Å². The zero-order chi connectivity index (χ0) is 13.0. The maximum absolute atomic E-state index is 11.7. The first kappa shape index (κ1) is 12.9. The Morgan fingerprint density at radius 1 is 1.33 bits per heavy atom. The number of urea groups is 1. The van der Waals surface area contributed by atoms with Crippen molar-refractivity contribution < 1.29 is 4.79 Å². The van der Waals surface area contributed by atoms with Crippen LogP contribution in [0.15, 0.2) is 24.3 Å². The van der Waals surface area contributed by atoms with Gasteiger partial charge in [-0.3, -0.25) is 0 Å². The lowest BCUT2D eigenvalue weighted by Gasteiger charge is -2.16. The first-order chi connectivity index (χ1) is 8.65. The Kier molecular flexibility index (Phi) is 4.20. The smallest absolute Gasteiger partial charge is 0.319 e. The highest BCUT2D eigenvalue weighted by Crippen LogP contribution is 2.22. The SMILES string of the molecule is Cc1ccc(NC(=O)NCC2CCCC2N)cc1. The Labute approximate surface area is 108 Å². The summed E-state index contributed by atoms with van der Waals surface area (Å²) >= 11 is 0. The Balaban J connectivity index is 1.76. The second kappa shape index (κ2) is 5.87. The lowest BCUT2D eigenvalue weighted by Crippen LogP contribution is -2.37. The van der Waals surface area contributed by atoms with E-state index in [1.165, 1.54) is 12.0 Å². The molecule has 98 valence electrons. The summed E-state index contributed by atoms with van der Waals surface area (Å²) in [6, 6.07) is 7.83. The van der Waals surface area contributed by atoms with E-state index in [0.717, 1.165) is 18.5 Å². The van der Waals surface area contributed by atoms with Gasteiger partial charge in [0, 0.05) is 18.3 Å². The Morgan fingerprint density at radius 3 is 2.67 bits per heavy atom. The average Bonchev–Trinajstić information content (AvgIpc) is 2.75. The predicted octanol–water partition coefficient (Wildman–Crippen LogP) is 2.24. The van der Waals surface area contributed by atoms with Gasteiger partial charge in [0.2, 0.25) is 0 Å². The first-order valence-corrected chi connectivity index (χ1v) is 6.52. The third-order valence-corrected chi connectivity index (χ3v) is 3.55. The largest absolute Gasteiger partial charge is 0.338 e.